The number of carbonyl (C=O) groups excluding carboxylic acids is 4. The fourth-order valence-corrected chi connectivity index (χ4v) is 3.48. The molecule has 4 heteroatoms. The molecule has 4 aromatic rings. The van der Waals surface area contributed by atoms with E-state index in [1.165, 1.54) is 0 Å². The highest BCUT2D eigenvalue weighted by atomic mass is 16.1. The zero-order valence-corrected chi connectivity index (χ0v) is 19.7. The van der Waals surface area contributed by atoms with Gasteiger partial charge in [0.25, 0.3) is 0 Å². The van der Waals surface area contributed by atoms with Gasteiger partial charge in [-0.15, -0.1) is 0 Å². The summed E-state index contributed by atoms with van der Waals surface area (Å²) in [5.41, 5.74) is 4.88. The van der Waals surface area contributed by atoms with E-state index in [9.17, 15) is 19.2 Å². The van der Waals surface area contributed by atoms with Gasteiger partial charge in [0.05, 0.1) is 0 Å². The standard InChI is InChI=1S/C16H14O2.C14H12O2/c1-11(17)13-3-7-15(8-4-13)16-9-5-14(6-10-16)12(2)18;1-9(15)11-3-5-14-8-12(10(2)16)4-6-13(14)7-11/h3-10H,1-2H3;3-8H,1-2H3. The van der Waals surface area contributed by atoms with Gasteiger partial charge in [0.2, 0.25) is 0 Å². The number of carbonyl (C=O) groups is 4. The van der Waals surface area contributed by atoms with E-state index in [1.807, 2.05) is 72.8 Å². The molecule has 0 bridgehead atoms. The summed E-state index contributed by atoms with van der Waals surface area (Å²) in [6, 6.07) is 25.9. The van der Waals surface area contributed by atoms with E-state index in [4.69, 9.17) is 0 Å². The monoisotopic (exact) mass is 450 g/mol. The normalized spacial score (nSPS) is 10.2. The molecule has 0 N–H and O–H groups in total. The van der Waals surface area contributed by atoms with Gasteiger partial charge < -0.3 is 0 Å². The average molecular weight is 451 g/mol. The Kier molecular flexibility index (Phi) is 7.64. The first kappa shape index (κ1) is 24.5. The number of benzene rings is 4. The maximum atomic E-state index is 11.2. The molecule has 0 aliphatic heterocycles. The summed E-state index contributed by atoms with van der Waals surface area (Å²) in [5.74, 6) is 0.233. The van der Waals surface area contributed by atoms with Crippen LogP contribution in [0.2, 0.25) is 0 Å². The molecule has 0 heterocycles. The van der Waals surface area contributed by atoms with Crippen molar-refractivity contribution in [3.8, 4) is 11.1 Å². The lowest BCUT2D eigenvalue weighted by molar-refractivity contribution is 0.100. The predicted octanol–water partition coefficient (Wildman–Crippen LogP) is 7.00. The van der Waals surface area contributed by atoms with Crippen LogP contribution < -0.4 is 0 Å². The third kappa shape index (κ3) is 5.99. The molecule has 0 aliphatic carbocycles. The number of rotatable bonds is 5. The Labute approximate surface area is 199 Å². The van der Waals surface area contributed by atoms with E-state index in [-0.39, 0.29) is 23.1 Å². The van der Waals surface area contributed by atoms with Crippen molar-refractivity contribution in [2.45, 2.75) is 27.7 Å². The molecular formula is C30H26O4. The maximum Gasteiger partial charge on any atom is 0.159 e. The third-order valence-corrected chi connectivity index (χ3v) is 5.57. The van der Waals surface area contributed by atoms with Crippen molar-refractivity contribution in [2.75, 3.05) is 0 Å². The largest absolute Gasteiger partial charge is 0.295 e. The van der Waals surface area contributed by atoms with Gasteiger partial charge in [-0.3, -0.25) is 19.2 Å². The number of hydrogen-bond acceptors (Lipinski definition) is 4. The minimum Gasteiger partial charge on any atom is -0.295 e. The van der Waals surface area contributed by atoms with Crippen LogP contribution in [0.4, 0.5) is 0 Å². The second-order valence-corrected chi connectivity index (χ2v) is 8.16. The molecule has 34 heavy (non-hydrogen) atoms. The fourth-order valence-electron chi connectivity index (χ4n) is 3.48. The zero-order valence-electron chi connectivity index (χ0n) is 19.7. The van der Waals surface area contributed by atoms with Crippen LogP contribution in [-0.2, 0) is 0 Å². The number of Topliss-reactive ketones (excluding diaryl/α,β-unsaturated/α-hetero) is 4. The van der Waals surface area contributed by atoms with Crippen molar-refractivity contribution in [3.63, 3.8) is 0 Å². The molecule has 0 spiro atoms. The molecule has 4 nitrogen and oxygen atoms in total. The summed E-state index contributed by atoms with van der Waals surface area (Å²) >= 11 is 0. The summed E-state index contributed by atoms with van der Waals surface area (Å²) in [6.07, 6.45) is 0. The quantitative estimate of drug-likeness (QED) is 0.307. The molecule has 0 unspecified atom stereocenters. The second-order valence-electron chi connectivity index (χ2n) is 8.16. The Morgan fingerprint density at radius 2 is 0.647 bits per heavy atom. The summed E-state index contributed by atoms with van der Waals surface area (Å²) in [4.78, 5) is 44.8. The van der Waals surface area contributed by atoms with Gasteiger partial charge in [0.1, 0.15) is 0 Å². The summed E-state index contributed by atoms with van der Waals surface area (Å²) in [7, 11) is 0. The van der Waals surface area contributed by atoms with E-state index in [0.29, 0.717) is 22.3 Å². The molecular weight excluding hydrogens is 424 g/mol. The van der Waals surface area contributed by atoms with Crippen LogP contribution in [-0.4, -0.2) is 23.1 Å². The second kappa shape index (κ2) is 10.6. The summed E-state index contributed by atoms with van der Waals surface area (Å²) in [5, 5.41) is 1.97. The Bertz CT molecular complexity index is 1270. The van der Waals surface area contributed by atoms with Crippen molar-refractivity contribution in [1.29, 1.82) is 0 Å². The van der Waals surface area contributed by atoms with Gasteiger partial charge in [0.15, 0.2) is 23.1 Å². The van der Waals surface area contributed by atoms with Crippen molar-refractivity contribution in [2.24, 2.45) is 0 Å². The first-order valence-corrected chi connectivity index (χ1v) is 10.9. The Morgan fingerprint density at radius 1 is 0.382 bits per heavy atom. The van der Waals surface area contributed by atoms with Gasteiger partial charge in [-0.05, 0) is 61.7 Å². The van der Waals surface area contributed by atoms with Gasteiger partial charge in [-0.25, -0.2) is 0 Å². The van der Waals surface area contributed by atoms with E-state index in [0.717, 1.165) is 21.9 Å². The lowest BCUT2D eigenvalue weighted by atomic mass is 10.0. The molecule has 0 aliphatic rings. The first-order chi connectivity index (χ1) is 16.2. The zero-order chi connectivity index (χ0) is 24.8. The number of hydrogen-bond donors (Lipinski definition) is 0. The highest BCUT2D eigenvalue weighted by molar-refractivity contribution is 6.01. The van der Waals surface area contributed by atoms with Crippen LogP contribution in [0.15, 0.2) is 84.9 Å². The van der Waals surface area contributed by atoms with Crippen LogP contribution in [0, 0.1) is 0 Å². The lowest BCUT2D eigenvalue weighted by Gasteiger charge is -2.03. The van der Waals surface area contributed by atoms with E-state index < -0.39 is 0 Å². The SMILES string of the molecule is CC(=O)c1ccc(-c2ccc(C(C)=O)cc2)cc1.CC(=O)c1ccc2cc(C(C)=O)ccc2c1. The average Bonchev–Trinajstić information content (AvgIpc) is 2.83. The molecule has 0 atom stereocenters. The number of ketones is 4. The van der Waals surface area contributed by atoms with Crippen LogP contribution in [0.3, 0.4) is 0 Å². The lowest BCUT2D eigenvalue weighted by Crippen LogP contribution is -1.93. The van der Waals surface area contributed by atoms with Crippen molar-refractivity contribution >= 4 is 33.9 Å². The third-order valence-electron chi connectivity index (χ3n) is 5.57. The van der Waals surface area contributed by atoms with Gasteiger partial charge >= 0.3 is 0 Å². The molecule has 0 fully saturated rings. The molecule has 0 saturated carbocycles. The first-order valence-electron chi connectivity index (χ1n) is 10.9. The topological polar surface area (TPSA) is 68.3 Å². The highest BCUT2D eigenvalue weighted by Crippen LogP contribution is 2.21. The Hall–Kier alpha value is -4.18. The van der Waals surface area contributed by atoms with Crippen LogP contribution >= 0.6 is 0 Å². The fraction of sp³-hybridized carbons (Fsp3) is 0.133. The molecule has 0 amide bonds. The maximum absolute atomic E-state index is 11.2. The summed E-state index contributed by atoms with van der Waals surface area (Å²) < 4.78 is 0. The van der Waals surface area contributed by atoms with Gasteiger partial charge in [0, 0.05) is 22.3 Å². The smallest absolute Gasteiger partial charge is 0.159 e. The van der Waals surface area contributed by atoms with E-state index >= 15 is 0 Å². The van der Waals surface area contributed by atoms with Crippen molar-refractivity contribution in [3.05, 3.63) is 107 Å². The molecule has 4 rings (SSSR count). The van der Waals surface area contributed by atoms with Gasteiger partial charge in [-0.1, -0.05) is 72.8 Å². The van der Waals surface area contributed by atoms with Crippen LogP contribution in [0.1, 0.15) is 69.1 Å². The highest BCUT2D eigenvalue weighted by Gasteiger charge is 2.04. The predicted molar refractivity (Wildman–Crippen MR) is 136 cm³/mol. The van der Waals surface area contributed by atoms with Crippen molar-refractivity contribution < 1.29 is 19.2 Å². The molecule has 170 valence electrons. The molecule has 0 aromatic heterocycles. The van der Waals surface area contributed by atoms with Gasteiger partial charge in [-0.2, -0.15) is 0 Å². The van der Waals surface area contributed by atoms with Crippen LogP contribution in [0.5, 0.6) is 0 Å². The molecule has 0 radical (unpaired) electrons. The Morgan fingerprint density at radius 3 is 0.912 bits per heavy atom. The minimum absolute atomic E-state index is 0.0533. The number of fused-ring (bicyclic) bond motifs is 1. The van der Waals surface area contributed by atoms with E-state index in [1.54, 1.807) is 39.8 Å². The van der Waals surface area contributed by atoms with Crippen LogP contribution in [0.25, 0.3) is 21.9 Å². The van der Waals surface area contributed by atoms with Crippen molar-refractivity contribution in [1.82, 2.24) is 0 Å². The molecule has 0 saturated heterocycles. The Balaban J connectivity index is 0.000000192. The summed E-state index contributed by atoms with van der Waals surface area (Å²) in [6.45, 7) is 6.20. The molecule has 4 aromatic carbocycles. The van der Waals surface area contributed by atoms with E-state index in [2.05, 4.69) is 0 Å². The minimum atomic E-state index is 0.0533.